The number of hydrogen-bond acceptors (Lipinski definition) is 3. The summed E-state index contributed by atoms with van der Waals surface area (Å²) >= 11 is 0. The summed E-state index contributed by atoms with van der Waals surface area (Å²) in [6.07, 6.45) is 3.65. The third-order valence-corrected chi connectivity index (χ3v) is 5.41. The SMILES string of the molecule is C/C(=C\c1ccccc1)C1C2=C(CC(C)(C)CC2=O)Nc2n[nH]c(C)c21. The van der Waals surface area contributed by atoms with Gasteiger partial charge in [0, 0.05) is 34.9 Å². The minimum atomic E-state index is -0.0381. The Bertz CT molecular complexity index is 932. The number of rotatable bonds is 2. The lowest BCUT2D eigenvalue weighted by Crippen LogP contribution is -2.33. The van der Waals surface area contributed by atoms with Gasteiger partial charge < -0.3 is 5.32 Å². The average Bonchev–Trinajstić information content (AvgIpc) is 2.93. The molecule has 1 aliphatic carbocycles. The van der Waals surface area contributed by atoms with Crippen molar-refractivity contribution >= 4 is 17.7 Å². The highest BCUT2D eigenvalue weighted by molar-refractivity contribution is 6.01. The Morgan fingerprint density at radius 3 is 2.69 bits per heavy atom. The minimum Gasteiger partial charge on any atom is -0.342 e. The van der Waals surface area contributed by atoms with Gasteiger partial charge >= 0.3 is 0 Å². The Morgan fingerprint density at radius 1 is 1.23 bits per heavy atom. The van der Waals surface area contributed by atoms with Crippen molar-refractivity contribution in [2.45, 2.75) is 46.5 Å². The van der Waals surface area contributed by atoms with E-state index in [1.54, 1.807) is 0 Å². The van der Waals surface area contributed by atoms with E-state index < -0.39 is 0 Å². The first-order valence-corrected chi connectivity index (χ1v) is 9.17. The molecule has 0 radical (unpaired) electrons. The van der Waals surface area contributed by atoms with Crippen LogP contribution in [-0.2, 0) is 4.79 Å². The van der Waals surface area contributed by atoms with E-state index in [-0.39, 0.29) is 17.1 Å². The van der Waals surface area contributed by atoms with E-state index in [1.807, 2.05) is 25.1 Å². The molecule has 2 aliphatic rings. The van der Waals surface area contributed by atoms with E-state index in [2.05, 4.69) is 54.5 Å². The fourth-order valence-corrected chi connectivity index (χ4v) is 4.31. The second kappa shape index (κ2) is 5.97. The molecule has 4 heteroatoms. The molecule has 1 atom stereocenters. The first-order chi connectivity index (χ1) is 12.4. The Labute approximate surface area is 154 Å². The summed E-state index contributed by atoms with van der Waals surface area (Å²) in [5.41, 5.74) is 6.37. The van der Waals surface area contributed by atoms with Crippen LogP contribution >= 0.6 is 0 Å². The van der Waals surface area contributed by atoms with Gasteiger partial charge in [-0.3, -0.25) is 9.89 Å². The molecular formula is C22H25N3O. The number of carbonyl (C=O) groups is 1. The summed E-state index contributed by atoms with van der Waals surface area (Å²) in [6.45, 7) is 8.46. The number of aromatic amines is 1. The topological polar surface area (TPSA) is 57.8 Å². The molecule has 0 bridgehead atoms. The van der Waals surface area contributed by atoms with Crippen LogP contribution in [0.3, 0.4) is 0 Å². The number of fused-ring (bicyclic) bond motifs is 1. The van der Waals surface area contributed by atoms with Crippen LogP contribution in [0.1, 0.15) is 56.4 Å². The highest BCUT2D eigenvalue weighted by Crippen LogP contribution is 2.49. The molecule has 1 aromatic heterocycles. The number of anilines is 1. The molecule has 0 saturated carbocycles. The van der Waals surface area contributed by atoms with Crippen molar-refractivity contribution in [2.75, 3.05) is 5.32 Å². The number of carbonyl (C=O) groups excluding carboxylic acids is 1. The van der Waals surface area contributed by atoms with Gasteiger partial charge in [-0.2, -0.15) is 5.10 Å². The predicted molar refractivity (Wildman–Crippen MR) is 105 cm³/mol. The van der Waals surface area contributed by atoms with Crippen LogP contribution in [0.4, 0.5) is 5.82 Å². The van der Waals surface area contributed by atoms with Crippen molar-refractivity contribution in [1.29, 1.82) is 0 Å². The molecular weight excluding hydrogens is 322 g/mol. The fraction of sp³-hybridized carbons (Fsp3) is 0.364. The van der Waals surface area contributed by atoms with Gasteiger partial charge in [0.25, 0.3) is 0 Å². The molecule has 1 unspecified atom stereocenters. The van der Waals surface area contributed by atoms with Crippen LogP contribution in [-0.4, -0.2) is 16.0 Å². The lowest BCUT2D eigenvalue weighted by Gasteiger charge is -2.38. The van der Waals surface area contributed by atoms with Crippen molar-refractivity contribution in [2.24, 2.45) is 5.41 Å². The Kier molecular flexibility index (Phi) is 3.87. The third-order valence-electron chi connectivity index (χ3n) is 5.41. The largest absolute Gasteiger partial charge is 0.342 e. The van der Waals surface area contributed by atoms with Gasteiger partial charge in [-0.25, -0.2) is 0 Å². The number of hydrogen-bond donors (Lipinski definition) is 2. The van der Waals surface area contributed by atoms with Gasteiger partial charge in [-0.1, -0.05) is 55.8 Å². The smallest absolute Gasteiger partial charge is 0.162 e. The zero-order chi connectivity index (χ0) is 18.5. The normalized spacial score (nSPS) is 21.9. The highest BCUT2D eigenvalue weighted by Gasteiger charge is 2.42. The summed E-state index contributed by atoms with van der Waals surface area (Å²) < 4.78 is 0. The molecule has 134 valence electrons. The zero-order valence-corrected chi connectivity index (χ0v) is 15.8. The lowest BCUT2D eigenvalue weighted by molar-refractivity contribution is -0.118. The highest BCUT2D eigenvalue weighted by atomic mass is 16.1. The summed E-state index contributed by atoms with van der Waals surface area (Å²) in [6, 6.07) is 10.3. The maximum atomic E-state index is 13.1. The lowest BCUT2D eigenvalue weighted by atomic mass is 9.69. The molecule has 1 aromatic carbocycles. The van der Waals surface area contributed by atoms with Gasteiger partial charge in [0.15, 0.2) is 11.6 Å². The zero-order valence-electron chi connectivity index (χ0n) is 15.8. The van der Waals surface area contributed by atoms with Gasteiger partial charge in [0.1, 0.15) is 0 Å². The fourth-order valence-electron chi connectivity index (χ4n) is 4.31. The van der Waals surface area contributed by atoms with E-state index in [1.165, 1.54) is 5.57 Å². The number of nitrogens with zero attached hydrogens (tertiary/aromatic N) is 1. The van der Waals surface area contributed by atoms with Crippen LogP contribution in [0.15, 0.2) is 47.2 Å². The van der Waals surface area contributed by atoms with Gasteiger partial charge in [-0.15, -0.1) is 0 Å². The predicted octanol–water partition coefficient (Wildman–Crippen LogP) is 4.97. The number of nitrogens with one attached hydrogen (secondary N) is 2. The second-order valence-corrected chi connectivity index (χ2v) is 8.30. The first-order valence-electron chi connectivity index (χ1n) is 9.17. The van der Waals surface area contributed by atoms with Crippen molar-refractivity contribution in [3.8, 4) is 0 Å². The number of ketones is 1. The standard InChI is InChI=1S/C22H25N3O/c1-13(10-15-8-6-5-7-9-15)18-19-14(2)24-25-21(19)23-16-11-22(3,4)12-17(26)20(16)18/h5-10,18H,11-12H2,1-4H3,(H2,23,24,25)/b13-10+. The van der Waals surface area contributed by atoms with Crippen molar-refractivity contribution in [3.63, 3.8) is 0 Å². The van der Waals surface area contributed by atoms with E-state index in [0.29, 0.717) is 6.42 Å². The van der Waals surface area contributed by atoms with Crippen molar-refractivity contribution in [3.05, 3.63) is 64.0 Å². The van der Waals surface area contributed by atoms with Crippen molar-refractivity contribution < 1.29 is 4.79 Å². The first kappa shape index (κ1) is 16.8. The van der Waals surface area contributed by atoms with Crippen molar-refractivity contribution in [1.82, 2.24) is 10.2 Å². The summed E-state index contributed by atoms with van der Waals surface area (Å²) in [5, 5.41) is 11.0. The number of aromatic nitrogens is 2. The molecule has 0 saturated heterocycles. The maximum absolute atomic E-state index is 13.1. The summed E-state index contributed by atoms with van der Waals surface area (Å²) in [5.74, 6) is 1.07. The Balaban J connectivity index is 1.87. The van der Waals surface area contributed by atoms with E-state index in [4.69, 9.17) is 0 Å². The van der Waals surface area contributed by atoms with Crippen LogP contribution in [0, 0.1) is 12.3 Å². The maximum Gasteiger partial charge on any atom is 0.162 e. The van der Waals surface area contributed by atoms with E-state index >= 15 is 0 Å². The Morgan fingerprint density at radius 2 is 1.96 bits per heavy atom. The Hall–Kier alpha value is -2.62. The number of H-pyrrole nitrogens is 1. The quantitative estimate of drug-likeness (QED) is 0.806. The number of allylic oxidation sites excluding steroid dienone is 3. The number of Topliss-reactive ketones (excluding diaryl/α,β-unsaturated/α-hetero) is 1. The molecule has 0 spiro atoms. The summed E-state index contributed by atoms with van der Waals surface area (Å²) in [7, 11) is 0. The molecule has 2 aromatic rings. The number of aryl methyl sites for hydroxylation is 1. The minimum absolute atomic E-state index is 0.0205. The van der Waals surface area contributed by atoms with Crippen LogP contribution in [0.25, 0.3) is 6.08 Å². The van der Waals surface area contributed by atoms with Crippen LogP contribution in [0.5, 0.6) is 0 Å². The molecule has 0 amide bonds. The van der Waals surface area contributed by atoms with Crippen LogP contribution < -0.4 is 5.32 Å². The molecule has 4 nitrogen and oxygen atoms in total. The number of benzene rings is 1. The summed E-state index contributed by atoms with van der Waals surface area (Å²) in [4.78, 5) is 13.1. The van der Waals surface area contributed by atoms with E-state index in [0.717, 1.165) is 40.3 Å². The third kappa shape index (κ3) is 2.79. The van der Waals surface area contributed by atoms with E-state index in [9.17, 15) is 4.79 Å². The monoisotopic (exact) mass is 347 g/mol. The molecule has 0 fully saturated rings. The molecule has 4 rings (SSSR count). The van der Waals surface area contributed by atoms with Gasteiger partial charge in [0.05, 0.1) is 0 Å². The molecule has 26 heavy (non-hydrogen) atoms. The van der Waals surface area contributed by atoms with Gasteiger partial charge in [-0.05, 0) is 31.2 Å². The van der Waals surface area contributed by atoms with Crippen LogP contribution in [0.2, 0.25) is 0 Å². The average molecular weight is 347 g/mol. The molecule has 2 heterocycles. The molecule has 1 aliphatic heterocycles. The molecule has 2 N–H and O–H groups in total. The van der Waals surface area contributed by atoms with Gasteiger partial charge in [0.2, 0.25) is 0 Å². The second-order valence-electron chi connectivity index (χ2n) is 8.30.